The second-order valence-electron chi connectivity index (χ2n) is 8.37. The number of hydrogen-bond donors (Lipinski definition) is 1. The first kappa shape index (κ1) is 34.8. The number of carboxylic acid groups (broad SMARTS) is 1. The van der Waals surface area contributed by atoms with Crippen LogP contribution >= 0.6 is 0 Å². The van der Waals surface area contributed by atoms with Crippen molar-refractivity contribution in [2.24, 2.45) is 0 Å². The SMILES string of the molecule is CCCCCCCCCCCC(=O)[O-].CCCCCCCCOC(=O)c1ccccc1O.[K+]. The fraction of sp³-hybridized carbons (Fsp3) is 0.704. The smallest absolute Gasteiger partial charge is 0.550 e. The number of phenols is 1. The molecule has 0 radical (unpaired) electrons. The number of carbonyl (C=O) groups excluding carboxylic acids is 2. The van der Waals surface area contributed by atoms with Crippen molar-refractivity contribution in [2.45, 2.75) is 117 Å². The number of phenolic OH excluding ortho intramolecular Hbond substituents is 1. The van der Waals surface area contributed by atoms with Crippen LogP contribution in [0.1, 0.15) is 127 Å². The fourth-order valence-corrected chi connectivity index (χ4v) is 3.35. The summed E-state index contributed by atoms with van der Waals surface area (Å²) in [6.07, 6.45) is 18.1. The molecule has 1 aromatic carbocycles. The quantitative estimate of drug-likeness (QED) is 0.194. The van der Waals surface area contributed by atoms with Crippen LogP contribution in [0.2, 0.25) is 0 Å². The predicted molar refractivity (Wildman–Crippen MR) is 129 cm³/mol. The predicted octanol–water partition coefficient (Wildman–Crippen LogP) is 3.57. The Kier molecular flexibility index (Phi) is 27.6. The average molecular weight is 489 g/mol. The Hall–Kier alpha value is -0.404. The number of para-hydroxylation sites is 1. The van der Waals surface area contributed by atoms with Crippen LogP contribution in [0.4, 0.5) is 0 Å². The summed E-state index contributed by atoms with van der Waals surface area (Å²) in [5.74, 6) is -1.37. The maximum atomic E-state index is 11.6. The van der Waals surface area contributed by atoms with Crippen molar-refractivity contribution in [1.29, 1.82) is 0 Å². The third kappa shape index (κ3) is 23.1. The van der Waals surface area contributed by atoms with Gasteiger partial charge in [0.05, 0.1) is 6.61 Å². The van der Waals surface area contributed by atoms with E-state index in [1.807, 2.05) is 0 Å². The zero-order chi connectivity index (χ0) is 23.9. The van der Waals surface area contributed by atoms with Gasteiger partial charge in [0.15, 0.2) is 0 Å². The number of esters is 1. The van der Waals surface area contributed by atoms with Gasteiger partial charge in [-0.3, -0.25) is 0 Å². The maximum Gasteiger partial charge on any atom is 1.00 e. The van der Waals surface area contributed by atoms with Crippen LogP contribution in [-0.4, -0.2) is 23.7 Å². The number of benzene rings is 1. The number of ether oxygens (including phenoxy) is 1. The van der Waals surface area contributed by atoms with Gasteiger partial charge in [0.2, 0.25) is 0 Å². The molecule has 0 heterocycles. The molecule has 0 unspecified atom stereocenters. The van der Waals surface area contributed by atoms with Gasteiger partial charge in [-0.2, -0.15) is 0 Å². The Bertz CT molecular complexity index is 592. The van der Waals surface area contributed by atoms with Crippen LogP contribution in [0.25, 0.3) is 0 Å². The summed E-state index contributed by atoms with van der Waals surface area (Å²) in [7, 11) is 0. The van der Waals surface area contributed by atoms with Crippen molar-refractivity contribution in [3.05, 3.63) is 29.8 Å². The van der Waals surface area contributed by atoms with Gasteiger partial charge in [-0.05, 0) is 31.4 Å². The summed E-state index contributed by atoms with van der Waals surface area (Å²) >= 11 is 0. The van der Waals surface area contributed by atoms with Crippen molar-refractivity contribution >= 4 is 11.9 Å². The second-order valence-corrected chi connectivity index (χ2v) is 8.37. The van der Waals surface area contributed by atoms with Gasteiger partial charge < -0.3 is 19.7 Å². The number of aromatic hydroxyl groups is 1. The van der Waals surface area contributed by atoms with Crippen LogP contribution in [0.3, 0.4) is 0 Å². The van der Waals surface area contributed by atoms with Gasteiger partial charge in [-0.1, -0.05) is 109 Å². The minimum Gasteiger partial charge on any atom is -0.550 e. The molecule has 0 fully saturated rings. The van der Waals surface area contributed by atoms with E-state index in [2.05, 4.69) is 13.8 Å². The molecule has 0 saturated heterocycles. The van der Waals surface area contributed by atoms with Crippen molar-refractivity contribution < 1.29 is 75.9 Å². The Morgan fingerprint density at radius 3 is 1.70 bits per heavy atom. The molecule has 5 nitrogen and oxygen atoms in total. The Morgan fingerprint density at radius 2 is 1.21 bits per heavy atom. The standard InChI is InChI=1S/C15H22O3.C12H24O2.K/c1-2-3-4-5-6-9-12-18-15(17)13-10-7-8-11-14(13)16;1-2-3-4-5-6-7-8-9-10-11-12(13)14;/h7-8,10-11,16H,2-6,9,12H2,1H3;2-11H2,1H3,(H,13,14);/q;;+1/p-1. The Balaban J connectivity index is 0. The third-order valence-corrected chi connectivity index (χ3v) is 5.34. The summed E-state index contributed by atoms with van der Waals surface area (Å²) < 4.78 is 5.12. The first-order valence-corrected chi connectivity index (χ1v) is 12.7. The van der Waals surface area contributed by atoms with E-state index in [4.69, 9.17) is 4.74 Å². The summed E-state index contributed by atoms with van der Waals surface area (Å²) in [4.78, 5) is 21.7. The minimum absolute atomic E-state index is 0. The molecule has 1 rings (SSSR count). The molecule has 6 heteroatoms. The van der Waals surface area contributed by atoms with E-state index in [-0.39, 0.29) is 69.1 Å². The van der Waals surface area contributed by atoms with Crippen LogP contribution in [-0.2, 0) is 9.53 Å². The summed E-state index contributed by atoms with van der Waals surface area (Å²) in [5.41, 5.74) is 0.239. The van der Waals surface area contributed by atoms with Crippen molar-refractivity contribution in [2.75, 3.05) is 6.61 Å². The van der Waals surface area contributed by atoms with Crippen molar-refractivity contribution in [1.82, 2.24) is 0 Å². The van der Waals surface area contributed by atoms with E-state index in [0.29, 0.717) is 6.61 Å². The van der Waals surface area contributed by atoms with Gasteiger partial charge in [-0.25, -0.2) is 4.79 Å². The third-order valence-electron chi connectivity index (χ3n) is 5.34. The maximum absolute atomic E-state index is 11.6. The molecule has 1 aromatic rings. The molecule has 1 N–H and O–H groups in total. The molecule has 0 amide bonds. The molecule has 0 saturated carbocycles. The zero-order valence-electron chi connectivity index (χ0n) is 21.4. The van der Waals surface area contributed by atoms with E-state index >= 15 is 0 Å². The summed E-state index contributed by atoms with van der Waals surface area (Å²) in [5, 5.41) is 19.6. The fourth-order valence-electron chi connectivity index (χ4n) is 3.35. The molecule has 0 atom stereocenters. The minimum atomic E-state index is -0.909. The summed E-state index contributed by atoms with van der Waals surface area (Å²) in [6, 6.07) is 6.45. The van der Waals surface area contributed by atoms with Crippen LogP contribution < -0.4 is 56.5 Å². The zero-order valence-corrected chi connectivity index (χ0v) is 24.5. The second kappa shape index (κ2) is 26.2. The molecule has 0 aliphatic heterocycles. The molecule has 0 aromatic heterocycles. The summed E-state index contributed by atoms with van der Waals surface area (Å²) in [6.45, 7) is 4.84. The molecule has 184 valence electrons. The first-order valence-electron chi connectivity index (χ1n) is 12.7. The number of hydrogen-bond acceptors (Lipinski definition) is 5. The molecular formula is C27H45KO5. The van der Waals surface area contributed by atoms with E-state index < -0.39 is 11.9 Å². The monoisotopic (exact) mass is 488 g/mol. The van der Waals surface area contributed by atoms with Crippen LogP contribution in [0, 0.1) is 0 Å². The van der Waals surface area contributed by atoms with E-state index in [9.17, 15) is 19.8 Å². The molecule has 0 spiro atoms. The van der Waals surface area contributed by atoms with E-state index in [0.717, 1.165) is 25.7 Å². The van der Waals surface area contributed by atoms with Crippen LogP contribution in [0.5, 0.6) is 5.75 Å². The first-order chi connectivity index (χ1) is 15.5. The number of carbonyl (C=O) groups is 2. The molecule has 33 heavy (non-hydrogen) atoms. The van der Waals surface area contributed by atoms with Gasteiger partial charge in [-0.15, -0.1) is 0 Å². The van der Waals surface area contributed by atoms with Crippen molar-refractivity contribution in [3.8, 4) is 5.75 Å². The molecular weight excluding hydrogens is 443 g/mol. The number of aliphatic carboxylic acids is 1. The molecule has 0 aliphatic rings. The van der Waals surface area contributed by atoms with Crippen molar-refractivity contribution in [3.63, 3.8) is 0 Å². The number of rotatable bonds is 18. The van der Waals surface area contributed by atoms with Gasteiger partial charge in [0.1, 0.15) is 11.3 Å². The Labute approximate surface area is 244 Å². The van der Waals surface area contributed by atoms with E-state index in [1.54, 1.807) is 18.2 Å². The van der Waals surface area contributed by atoms with Crippen LogP contribution in [0.15, 0.2) is 24.3 Å². The molecule has 0 bridgehead atoms. The van der Waals surface area contributed by atoms with Gasteiger partial charge in [0, 0.05) is 5.97 Å². The topological polar surface area (TPSA) is 86.7 Å². The number of carboxylic acids is 1. The van der Waals surface area contributed by atoms with Gasteiger partial charge in [0.25, 0.3) is 0 Å². The Morgan fingerprint density at radius 1 is 0.758 bits per heavy atom. The normalized spacial score (nSPS) is 10.0. The largest absolute Gasteiger partial charge is 1.00 e. The average Bonchev–Trinajstić information content (AvgIpc) is 2.78. The number of unbranched alkanes of at least 4 members (excludes halogenated alkanes) is 13. The van der Waals surface area contributed by atoms with E-state index in [1.165, 1.54) is 76.7 Å². The van der Waals surface area contributed by atoms with Gasteiger partial charge >= 0.3 is 57.4 Å². The molecule has 0 aliphatic carbocycles.